The number of nitrogens with zero attached hydrogens (tertiary/aromatic N) is 1. The summed E-state index contributed by atoms with van der Waals surface area (Å²) in [4.78, 5) is 0. The number of allylic oxidation sites excluding steroid dienone is 2. The van der Waals surface area contributed by atoms with Crippen LogP contribution in [0.1, 0.15) is 18.9 Å². The first-order valence-corrected chi connectivity index (χ1v) is 7.72. The zero-order chi connectivity index (χ0) is 17.0. The van der Waals surface area contributed by atoms with Crippen molar-refractivity contribution >= 4 is 29.6 Å². The molecule has 1 heterocycles. The lowest BCUT2D eigenvalue weighted by atomic mass is 10.1. The molecule has 0 saturated heterocycles. The lowest BCUT2D eigenvalue weighted by Crippen LogP contribution is -2.33. The fourth-order valence-electron chi connectivity index (χ4n) is 3.02. The maximum absolute atomic E-state index is 4.31. The first kappa shape index (κ1) is 16.7. The van der Waals surface area contributed by atoms with Gasteiger partial charge in [0.15, 0.2) is 0 Å². The van der Waals surface area contributed by atoms with Crippen molar-refractivity contribution in [2.24, 2.45) is 0 Å². The molecule has 120 valence electrons. The van der Waals surface area contributed by atoms with Crippen molar-refractivity contribution in [3.8, 4) is 0 Å². The van der Waals surface area contributed by atoms with Gasteiger partial charge < -0.3 is 15.2 Å². The van der Waals surface area contributed by atoms with Gasteiger partial charge in [-0.05, 0) is 25.1 Å². The van der Waals surface area contributed by atoms with Crippen molar-refractivity contribution in [3.05, 3.63) is 66.6 Å². The molecule has 0 aliphatic heterocycles. The molecule has 2 rings (SSSR count). The van der Waals surface area contributed by atoms with E-state index in [0.29, 0.717) is 0 Å². The number of hydrogen-bond acceptors (Lipinski definition) is 2. The first-order valence-electron chi connectivity index (χ1n) is 7.72. The van der Waals surface area contributed by atoms with Gasteiger partial charge in [-0.2, -0.15) is 0 Å². The van der Waals surface area contributed by atoms with Crippen molar-refractivity contribution in [1.29, 1.82) is 0 Å². The van der Waals surface area contributed by atoms with Crippen LogP contribution in [0.5, 0.6) is 0 Å². The SMILES string of the molecule is C=CCCC(C(=C)NC)n1c(=C)c2cccc(NC=C)c2c1=C. The third-order valence-corrected chi connectivity index (χ3v) is 4.18. The Morgan fingerprint density at radius 1 is 1.26 bits per heavy atom. The minimum absolute atomic E-state index is 0.0852. The summed E-state index contributed by atoms with van der Waals surface area (Å²) in [5.74, 6) is 0. The van der Waals surface area contributed by atoms with Crippen LogP contribution in [0.4, 0.5) is 5.69 Å². The summed E-state index contributed by atoms with van der Waals surface area (Å²) in [6.07, 6.45) is 5.40. The van der Waals surface area contributed by atoms with E-state index >= 15 is 0 Å². The van der Waals surface area contributed by atoms with Crippen LogP contribution in [-0.2, 0) is 0 Å². The highest BCUT2D eigenvalue weighted by molar-refractivity contribution is 5.95. The highest BCUT2D eigenvalue weighted by Gasteiger charge is 2.18. The van der Waals surface area contributed by atoms with Gasteiger partial charge in [0.2, 0.25) is 0 Å². The van der Waals surface area contributed by atoms with E-state index in [1.54, 1.807) is 6.20 Å². The number of fused-ring (bicyclic) bond motifs is 1. The van der Waals surface area contributed by atoms with Crippen LogP contribution in [0.15, 0.2) is 55.9 Å². The van der Waals surface area contributed by atoms with E-state index < -0.39 is 0 Å². The molecule has 0 aliphatic carbocycles. The molecule has 3 heteroatoms. The number of hydrogen-bond donors (Lipinski definition) is 2. The van der Waals surface area contributed by atoms with E-state index in [4.69, 9.17) is 0 Å². The molecule has 23 heavy (non-hydrogen) atoms. The molecule has 0 saturated carbocycles. The Kier molecular flexibility index (Phi) is 5.12. The van der Waals surface area contributed by atoms with Gasteiger partial charge in [0.1, 0.15) is 0 Å². The van der Waals surface area contributed by atoms with Gasteiger partial charge in [-0.3, -0.25) is 0 Å². The molecule has 2 aromatic rings. The van der Waals surface area contributed by atoms with Crippen LogP contribution in [0.3, 0.4) is 0 Å². The molecule has 1 unspecified atom stereocenters. The van der Waals surface area contributed by atoms with Crippen LogP contribution in [0, 0.1) is 0 Å². The number of benzene rings is 1. The standard InChI is InChI=1S/C20H25N3/c1-7-9-13-19(14(3)21-6)23-15(4)17-11-10-12-18(22-8-2)20(17)16(23)5/h7-8,10-12,19,21-22H,1-5,9,13H2,6H3. The molecular weight excluding hydrogens is 282 g/mol. The molecule has 2 N–H and O–H groups in total. The summed E-state index contributed by atoms with van der Waals surface area (Å²) in [7, 11) is 1.89. The molecule has 0 bridgehead atoms. The molecule has 1 atom stereocenters. The summed E-state index contributed by atoms with van der Waals surface area (Å²) in [6.45, 7) is 20.3. The average molecular weight is 307 g/mol. The molecule has 0 spiro atoms. The monoisotopic (exact) mass is 307 g/mol. The number of nitrogens with one attached hydrogen (secondary N) is 2. The van der Waals surface area contributed by atoms with Crippen molar-refractivity contribution in [1.82, 2.24) is 9.88 Å². The number of aromatic nitrogens is 1. The Balaban J connectivity index is 2.73. The Labute approximate surface area is 138 Å². The number of anilines is 1. The summed E-state index contributed by atoms with van der Waals surface area (Å²) < 4.78 is 2.17. The first-order chi connectivity index (χ1) is 11.1. The van der Waals surface area contributed by atoms with Crippen molar-refractivity contribution in [3.63, 3.8) is 0 Å². The molecule has 1 aromatic carbocycles. The number of likely N-dealkylation sites (N-methyl/N-ethyl adjacent to an activating group) is 1. The third kappa shape index (κ3) is 2.95. The second-order valence-corrected chi connectivity index (χ2v) is 5.50. The highest BCUT2D eigenvalue weighted by atomic mass is 15.1. The fraction of sp³-hybridized carbons (Fsp3) is 0.200. The van der Waals surface area contributed by atoms with E-state index in [-0.39, 0.29) is 6.04 Å². The van der Waals surface area contributed by atoms with Crippen LogP contribution < -0.4 is 21.3 Å². The Morgan fingerprint density at radius 3 is 2.61 bits per heavy atom. The van der Waals surface area contributed by atoms with Gasteiger partial charge in [-0.15, -0.1) is 6.58 Å². The summed E-state index contributed by atoms with van der Waals surface area (Å²) >= 11 is 0. The van der Waals surface area contributed by atoms with Gasteiger partial charge in [-0.1, -0.05) is 44.5 Å². The lowest BCUT2D eigenvalue weighted by molar-refractivity contribution is 0.499. The van der Waals surface area contributed by atoms with Gasteiger partial charge in [0, 0.05) is 39.9 Å². The molecule has 0 aliphatic rings. The summed E-state index contributed by atoms with van der Waals surface area (Å²) in [6, 6.07) is 6.19. The second kappa shape index (κ2) is 7.05. The minimum atomic E-state index is 0.0852. The predicted octanol–water partition coefficient (Wildman–Crippen LogP) is 3.26. The maximum Gasteiger partial charge on any atom is 0.0734 e. The quantitative estimate of drug-likeness (QED) is 0.733. The van der Waals surface area contributed by atoms with Crippen molar-refractivity contribution in [2.75, 3.05) is 12.4 Å². The second-order valence-electron chi connectivity index (χ2n) is 5.50. The molecule has 3 nitrogen and oxygen atoms in total. The molecule has 0 amide bonds. The van der Waals surface area contributed by atoms with E-state index in [2.05, 4.69) is 54.2 Å². The summed E-state index contributed by atoms with van der Waals surface area (Å²) in [5, 5.41) is 10.4. The molecule has 0 radical (unpaired) electrons. The Bertz CT molecular complexity index is 842. The van der Waals surface area contributed by atoms with Crippen molar-refractivity contribution < 1.29 is 0 Å². The highest BCUT2D eigenvalue weighted by Crippen LogP contribution is 2.23. The molecule has 1 aromatic heterocycles. The Hall–Kier alpha value is -2.68. The molecular formula is C20H25N3. The van der Waals surface area contributed by atoms with Gasteiger partial charge >= 0.3 is 0 Å². The van der Waals surface area contributed by atoms with Crippen molar-refractivity contribution in [2.45, 2.75) is 18.9 Å². The Morgan fingerprint density at radius 2 is 2.00 bits per heavy atom. The van der Waals surface area contributed by atoms with Crippen LogP contribution in [-0.4, -0.2) is 11.6 Å². The third-order valence-electron chi connectivity index (χ3n) is 4.18. The van der Waals surface area contributed by atoms with Crippen LogP contribution >= 0.6 is 0 Å². The lowest BCUT2D eigenvalue weighted by Gasteiger charge is -2.22. The topological polar surface area (TPSA) is 29.0 Å². The largest absolute Gasteiger partial charge is 0.390 e. The average Bonchev–Trinajstić information content (AvgIpc) is 2.81. The van der Waals surface area contributed by atoms with E-state index in [1.807, 2.05) is 25.3 Å². The smallest absolute Gasteiger partial charge is 0.0734 e. The van der Waals surface area contributed by atoms with Crippen LogP contribution in [0.2, 0.25) is 0 Å². The zero-order valence-corrected chi connectivity index (χ0v) is 13.9. The summed E-state index contributed by atoms with van der Waals surface area (Å²) in [5.41, 5.74) is 1.93. The van der Waals surface area contributed by atoms with E-state index in [1.165, 1.54) is 0 Å². The predicted molar refractivity (Wildman–Crippen MR) is 103 cm³/mol. The fourth-order valence-corrected chi connectivity index (χ4v) is 3.02. The van der Waals surface area contributed by atoms with Gasteiger partial charge in [-0.25, -0.2) is 0 Å². The maximum atomic E-state index is 4.31. The molecule has 0 fully saturated rings. The van der Waals surface area contributed by atoms with Crippen LogP contribution in [0.25, 0.3) is 23.9 Å². The van der Waals surface area contributed by atoms with E-state index in [9.17, 15) is 0 Å². The number of rotatable bonds is 8. The zero-order valence-electron chi connectivity index (χ0n) is 13.9. The van der Waals surface area contributed by atoms with Gasteiger partial charge in [0.05, 0.1) is 6.04 Å². The minimum Gasteiger partial charge on any atom is -0.390 e. The van der Waals surface area contributed by atoms with E-state index in [0.717, 1.165) is 45.7 Å². The van der Waals surface area contributed by atoms with Gasteiger partial charge in [0.25, 0.3) is 0 Å². The normalized spacial score (nSPS) is 11.9.